The minimum Gasteiger partial charge on any atom is -0.493 e. The normalized spacial score (nSPS) is 16.3. The van der Waals surface area contributed by atoms with E-state index in [1.54, 1.807) is 19.1 Å². The van der Waals surface area contributed by atoms with Gasteiger partial charge in [0.15, 0.2) is 11.5 Å². The van der Waals surface area contributed by atoms with Gasteiger partial charge >= 0.3 is 6.03 Å². The number of likely N-dealkylation sites (tertiary alicyclic amines) is 1. The van der Waals surface area contributed by atoms with Crippen LogP contribution in [0.25, 0.3) is 0 Å². The van der Waals surface area contributed by atoms with Crippen LogP contribution in [0.1, 0.15) is 29.5 Å². The lowest BCUT2D eigenvalue weighted by atomic mass is 9.99. The monoisotopic (exact) mass is 437 g/mol. The number of ether oxygens (including phenoxy) is 2. The summed E-state index contributed by atoms with van der Waals surface area (Å²) < 4.78 is 10.8. The molecule has 170 valence electrons. The lowest BCUT2D eigenvalue weighted by molar-refractivity contribution is -0.132. The van der Waals surface area contributed by atoms with Crippen molar-refractivity contribution in [3.63, 3.8) is 0 Å². The number of rotatable bonds is 6. The number of hydrogen-bond donors (Lipinski definition) is 1. The summed E-state index contributed by atoms with van der Waals surface area (Å²) in [5, 5.41) is 3.03. The number of carbonyl (C=O) groups is 2. The van der Waals surface area contributed by atoms with Crippen molar-refractivity contribution < 1.29 is 19.1 Å². The van der Waals surface area contributed by atoms with Gasteiger partial charge in [0.1, 0.15) is 6.04 Å². The Morgan fingerprint density at radius 2 is 1.59 bits per heavy atom. The van der Waals surface area contributed by atoms with Gasteiger partial charge in [0.2, 0.25) is 5.91 Å². The zero-order chi connectivity index (χ0) is 22.5. The number of fused-ring (bicyclic) bond motifs is 1. The quantitative estimate of drug-likeness (QED) is 0.754. The standard InChI is InChI=1S/C25H31N3O4/c1-31-22-15-19-10-13-28(17-20(19)16-23(22)32-2)25(30)26-21(14-18-8-4-3-5-9-18)24(29)27-11-6-7-12-27/h3-5,8-9,15-16,21H,6-7,10-14,17H2,1-2H3,(H,26,30). The fourth-order valence-corrected chi connectivity index (χ4v) is 4.50. The number of urea groups is 1. The van der Waals surface area contributed by atoms with Gasteiger partial charge in [-0.1, -0.05) is 30.3 Å². The first kappa shape index (κ1) is 22.0. The summed E-state index contributed by atoms with van der Waals surface area (Å²) in [5.41, 5.74) is 3.22. The maximum atomic E-state index is 13.2. The molecule has 3 amide bonds. The van der Waals surface area contributed by atoms with E-state index in [1.807, 2.05) is 47.4 Å². The van der Waals surface area contributed by atoms with Crippen LogP contribution >= 0.6 is 0 Å². The molecule has 1 atom stereocenters. The highest BCUT2D eigenvalue weighted by Gasteiger charge is 2.30. The summed E-state index contributed by atoms with van der Waals surface area (Å²) in [4.78, 5) is 30.0. The van der Waals surface area contributed by atoms with E-state index in [0.717, 1.165) is 49.0 Å². The zero-order valence-electron chi connectivity index (χ0n) is 18.8. The van der Waals surface area contributed by atoms with Crippen molar-refractivity contribution in [2.24, 2.45) is 0 Å². The molecule has 2 aromatic carbocycles. The van der Waals surface area contributed by atoms with Crippen molar-refractivity contribution in [3.8, 4) is 11.5 Å². The summed E-state index contributed by atoms with van der Waals surface area (Å²) in [6.07, 6.45) is 3.25. The molecule has 0 aromatic heterocycles. The smallest absolute Gasteiger partial charge is 0.318 e. The van der Waals surface area contributed by atoms with E-state index >= 15 is 0 Å². The number of nitrogens with zero attached hydrogens (tertiary/aromatic N) is 2. The van der Waals surface area contributed by atoms with E-state index in [0.29, 0.717) is 31.0 Å². The van der Waals surface area contributed by atoms with Crippen molar-refractivity contribution >= 4 is 11.9 Å². The Morgan fingerprint density at radius 3 is 2.25 bits per heavy atom. The van der Waals surface area contributed by atoms with Crippen molar-refractivity contribution in [3.05, 3.63) is 59.2 Å². The van der Waals surface area contributed by atoms with Crippen LogP contribution in [0.2, 0.25) is 0 Å². The van der Waals surface area contributed by atoms with Gasteiger partial charge < -0.3 is 24.6 Å². The predicted molar refractivity (Wildman–Crippen MR) is 122 cm³/mol. The summed E-state index contributed by atoms with van der Waals surface area (Å²) in [6, 6.07) is 13.0. The van der Waals surface area contributed by atoms with Crippen LogP contribution in [0.3, 0.4) is 0 Å². The van der Waals surface area contributed by atoms with Gasteiger partial charge in [0.05, 0.1) is 14.2 Å². The Hall–Kier alpha value is -3.22. The van der Waals surface area contributed by atoms with Crippen LogP contribution in [0.15, 0.2) is 42.5 Å². The second kappa shape index (κ2) is 9.94. The topological polar surface area (TPSA) is 71.1 Å². The summed E-state index contributed by atoms with van der Waals surface area (Å²) in [5.74, 6) is 1.35. The van der Waals surface area contributed by atoms with Crippen molar-refractivity contribution in [1.29, 1.82) is 0 Å². The van der Waals surface area contributed by atoms with Gasteiger partial charge in [0, 0.05) is 32.6 Å². The van der Waals surface area contributed by atoms with Gasteiger partial charge in [0.25, 0.3) is 0 Å². The van der Waals surface area contributed by atoms with E-state index in [4.69, 9.17) is 9.47 Å². The highest BCUT2D eigenvalue weighted by Crippen LogP contribution is 2.33. The van der Waals surface area contributed by atoms with Gasteiger partial charge in [-0.05, 0) is 48.1 Å². The van der Waals surface area contributed by atoms with Crippen molar-refractivity contribution in [1.82, 2.24) is 15.1 Å². The lowest BCUT2D eigenvalue weighted by Gasteiger charge is -2.32. The Balaban J connectivity index is 1.48. The highest BCUT2D eigenvalue weighted by atomic mass is 16.5. The largest absolute Gasteiger partial charge is 0.493 e. The van der Waals surface area contributed by atoms with E-state index in [9.17, 15) is 9.59 Å². The van der Waals surface area contributed by atoms with E-state index in [1.165, 1.54) is 0 Å². The second-order valence-electron chi connectivity index (χ2n) is 8.37. The molecule has 0 bridgehead atoms. The fraction of sp³-hybridized carbons (Fsp3) is 0.440. The maximum absolute atomic E-state index is 13.2. The minimum absolute atomic E-state index is 0.00326. The van der Waals surface area contributed by atoms with Gasteiger partial charge in [-0.2, -0.15) is 0 Å². The molecule has 2 aromatic rings. The van der Waals surface area contributed by atoms with Crippen molar-refractivity contribution in [2.45, 2.75) is 38.3 Å². The molecule has 4 rings (SSSR count). The minimum atomic E-state index is -0.574. The third kappa shape index (κ3) is 4.82. The molecule has 7 heteroatoms. The van der Waals surface area contributed by atoms with Crippen LogP contribution in [0.4, 0.5) is 4.79 Å². The van der Waals surface area contributed by atoms with Crippen LogP contribution in [0, 0.1) is 0 Å². The Bertz CT molecular complexity index is 957. The molecule has 2 aliphatic heterocycles. The summed E-state index contributed by atoms with van der Waals surface area (Å²) in [6.45, 7) is 2.58. The molecule has 1 fully saturated rings. The second-order valence-corrected chi connectivity index (χ2v) is 8.37. The Morgan fingerprint density at radius 1 is 0.938 bits per heavy atom. The molecule has 0 spiro atoms. The average molecular weight is 438 g/mol. The Kier molecular flexibility index (Phi) is 6.83. The third-order valence-corrected chi connectivity index (χ3v) is 6.30. The first-order chi connectivity index (χ1) is 15.6. The average Bonchev–Trinajstić information content (AvgIpc) is 3.37. The molecule has 2 heterocycles. The molecule has 2 aliphatic rings. The number of amides is 3. The van der Waals surface area contributed by atoms with Gasteiger partial charge in [-0.3, -0.25) is 4.79 Å². The van der Waals surface area contributed by atoms with Crippen LogP contribution in [0.5, 0.6) is 11.5 Å². The molecule has 0 radical (unpaired) electrons. The highest BCUT2D eigenvalue weighted by molar-refractivity contribution is 5.87. The predicted octanol–water partition coefficient (Wildman–Crippen LogP) is 3.01. The molecular weight excluding hydrogens is 406 g/mol. The summed E-state index contributed by atoms with van der Waals surface area (Å²) in [7, 11) is 3.23. The Labute approximate surface area is 189 Å². The first-order valence-electron chi connectivity index (χ1n) is 11.2. The molecule has 1 saturated heterocycles. The molecule has 0 aliphatic carbocycles. The molecule has 7 nitrogen and oxygen atoms in total. The maximum Gasteiger partial charge on any atom is 0.318 e. The van der Waals surface area contributed by atoms with Gasteiger partial charge in [-0.25, -0.2) is 4.79 Å². The van der Waals surface area contributed by atoms with E-state index < -0.39 is 6.04 Å². The molecular formula is C25H31N3O4. The van der Waals surface area contributed by atoms with Crippen LogP contribution in [-0.2, 0) is 24.2 Å². The summed E-state index contributed by atoms with van der Waals surface area (Å²) >= 11 is 0. The molecule has 1 unspecified atom stereocenters. The third-order valence-electron chi connectivity index (χ3n) is 6.30. The lowest BCUT2D eigenvalue weighted by Crippen LogP contribution is -2.53. The number of hydrogen-bond acceptors (Lipinski definition) is 4. The number of benzene rings is 2. The molecule has 1 N–H and O–H groups in total. The van der Waals surface area contributed by atoms with Gasteiger partial charge in [-0.15, -0.1) is 0 Å². The van der Waals surface area contributed by atoms with E-state index in [2.05, 4.69) is 5.32 Å². The SMILES string of the molecule is COc1cc2c(cc1OC)CN(C(=O)NC(Cc1ccccc1)C(=O)N1CCCC1)CC2. The zero-order valence-corrected chi connectivity index (χ0v) is 18.8. The van der Waals surface area contributed by atoms with E-state index in [-0.39, 0.29) is 11.9 Å². The van der Waals surface area contributed by atoms with Crippen LogP contribution in [-0.4, -0.2) is 61.6 Å². The van der Waals surface area contributed by atoms with Crippen LogP contribution < -0.4 is 14.8 Å². The molecule has 0 saturated carbocycles. The number of nitrogens with one attached hydrogen (secondary N) is 1. The number of carbonyl (C=O) groups excluding carboxylic acids is 2. The first-order valence-corrected chi connectivity index (χ1v) is 11.2. The fourth-order valence-electron chi connectivity index (χ4n) is 4.50. The van der Waals surface area contributed by atoms with Crippen molar-refractivity contribution in [2.75, 3.05) is 33.9 Å². The number of methoxy groups -OCH3 is 2. The molecule has 32 heavy (non-hydrogen) atoms.